The van der Waals surface area contributed by atoms with Crippen LogP contribution in [-0.2, 0) is 0 Å². The average Bonchev–Trinajstić information content (AvgIpc) is 3.09. The van der Waals surface area contributed by atoms with Crippen molar-refractivity contribution in [1.82, 2.24) is 9.97 Å². The number of benzene rings is 2. The Morgan fingerprint density at radius 1 is 1.18 bits per heavy atom. The van der Waals surface area contributed by atoms with E-state index in [1.165, 1.54) is 23.5 Å². The fourth-order valence-electron chi connectivity index (χ4n) is 2.31. The van der Waals surface area contributed by atoms with Crippen LogP contribution in [0.4, 0.5) is 10.3 Å². The van der Waals surface area contributed by atoms with Crippen molar-refractivity contribution in [3.63, 3.8) is 0 Å². The molecule has 2 N–H and O–H groups in total. The van der Waals surface area contributed by atoms with Crippen LogP contribution in [0.5, 0.6) is 0 Å². The Balaban J connectivity index is 1.65. The number of carbonyl (C=O) groups is 1. The SMILES string of the molecule is O=C(Nc1nc2ccccc2[nH]1)c1cc2cc(F)ccc2s1. The molecule has 6 heteroatoms. The summed E-state index contributed by atoms with van der Waals surface area (Å²) in [5, 5.41) is 3.46. The number of thiophene rings is 1. The molecule has 4 aromatic rings. The van der Waals surface area contributed by atoms with E-state index in [0.717, 1.165) is 21.1 Å². The first-order chi connectivity index (χ1) is 10.7. The van der Waals surface area contributed by atoms with Gasteiger partial charge in [-0.1, -0.05) is 12.1 Å². The molecule has 1 amide bonds. The minimum absolute atomic E-state index is 0.263. The number of H-pyrrole nitrogens is 1. The summed E-state index contributed by atoms with van der Waals surface area (Å²) in [6.45, 7) is 0. The topological polar surface area (TPSA) is 57.8 Å². The number of nitrogens with one attached hydrogen (secondary N) is 2. The zero-order valence-electron chi connectivity index (χ0n) is 11.3. The highest BCUT2D eigenvalue weighted by Crippen LogP contribution is 2.27. The third kappa shape index (κ3) is 2.23. The number of hydrogen-bond donors (Lipinski definition) is 2. The molecule has 2 aromatic heterocycles. The van der Waals surface area contributed by atoms with Gasteiger partial charge in [-0.15, -0.1) is 11.3 Å². The Hall–Kier alpha value is -2.73. The summed E-state index contributed by atoms with van der Waals surface area (Å²) in [7, 11) is 0. The Bertz CT molecular complexity index is 972. The van der Waals surface area contributed by atoms with E-state index in [2.05, 4.69) is 15.3 Å². The highest BCUT2D eigenvalue weighted by molar-refractivity contribution is 7.20. The maximum atomic E-state index is 13.2. The van der Waals surface area contributed by atoms with Gasteiger partial charge in [-0.2, -0.15) is 0 Å². The molecule has 0 aliphatic heterocycles. The van der Waals surface area contributed by atoms with Crippen molar-refractivity contribution in [1.29, 1.82) is 0 Å². The number of para-hydroxylation sites is 2. The Kier molecular flexibility index (Phi) is 2.90. The summed E-state index contributed by atoms with van der Waals surface area (Å²) in [5.41, 5.74) is 1.65. The Morgan fingerprint density at radius 3 is 2.91 bits per heavy atom. The lowest BCUT2D eigenvalue weighted by Crippen LogP contribution is -2.11. The van der Waals surface area contributed by atoms with Gasteiger partial charge < -0.3 is 4.98 Å². The van der Waals surface area contributed by atoms with Crippen LogP contribution in [0.1, 0.15) is 9.67 Å². The predicted octanol–water partition coefficient (Wildman–Crippen LogP) is 4.17. The standard InChI is InChI=1S/C16H10FN3OS/c17-10-5-6-13-9(7-10)8-14(22-13)15(21)20-16-18-11-3-1-2-4-12(11)19-16/h1-8H,(H2,18,19,20,21). The second-order valence-corrected chi connectivity index (χ2v) is 5.93. The van der Waals surface area contributed by atoms with Gasteiger partial charge in [0.2, 0.25) is 5.95 Å². The lowest BCUT2D eigenvalue weighted by Gasteiger charge is -1.97. The van der Waals surface area contributed by atoms with Crippen molar-refractivity contribution in [2.75, 3.05) is 5.32 Å². The molecule has 2 aromatic carbocycles. The van der Waals surface area contributed by atoms with Crippen LogP contribution in [0.3, 0.4) is 0 Å². The molecule has 0 atom stereocenters. The third-order valence-electron chi connectivity index (χ3n) is 3.32. The van der Waals surface area contributed by atoms with Crippen molar-refractivity contribution in [3.8, 4) is 0 Å². The second-order valence-electron chi connectivity index (χ2n) is 4.85. The van der Waals surface area contributed by atoms with Crippen LogP contribution in [0.15, 0.2) is 48.5 Å². The van der Waals surface area contributed by atoms with Crippen molar-refractivity contribution in [2.24, 2.45) is 0 Å². The number of aromatic amines is 1. The van der Waals surface area contributed by atoms with E-state index in [-0.39, 0.29) is 11.7 Å². The van der Waals surface area contributed by atoms with E-state index in [9.17, 15) is 9.18 Å². The molecule has 0 aliphatic carbocycles. The number of amides is 1. The second kappa shape index (κ2) is 4.92. The number of halogens is 1. The Morgan fingerprint density at radius 2 is 2.05 bits per heavy atom. The molecule has 0 radical (unpaired) electrons. The van der Waals surface area contributed by atoms with Gasteiger partial charge in [0, 0.05) is 4.70 Å². The fourth-order valence-corrected chi connectivity index (χ4v) is 3.25. The van der Waals surface area contributed by atoms with Crippen molar-refractivity contribution < 1.29 is 9.18 Å². The highest BCUT2D eigenvalue weighted by Gasteiger charge is 2.13. The molecular formula is C16H10FN3OS. The number of anilines is 1. The molecule has 0 bridgehead atoms. The largest absolute Gasteiger partial charge is 0.324 e. The molecular weight excluding hydrogens is 301 g/mol. The predicted molar refractivity (Wildman–Crippen MR) is 85.8 cm³/mol. The average molecular weight is 311 g/mol. The van der Waals surface area contributed by atoms with E-state index in [0.29, 0.717) is 10.8 Å². The monoisotopic (exact) mass is 311 g/mol. The van der Waals surface area contributed by atoms with Crippen molar-refractivity contribution >= 4 is 44.3 Å². The minimum Gasteiger partial charge on any atom is -0.324 e. The number of hydrogen-bond acceptors (Lipinski definition) is 3. The summed E-state index contributed by atoms with van der Waals surface area (Å²) >= 11 is 1.32. The van der Waals surface area contributed by atoms with Crippen molar-refractivity contribution in [3.05, 3.63) is 59.2 Å². The number of imidazole rings is 1. The number of fused-ring (bicyclic) bond motifs is 2. The quantitative estimate of drug-likeness (QED) is 0.584. The van der Waals surface area contributed by atoms with Gasteiger partial charge in [-0.25, -0.2) is 9.37 Å². The maximum absolute atomic E-state index is 13.2. The van der Waals surface area contributed by atoms with Gasteiger partial charge in [0.15, 0.2) is 0 Å². The van der Waals surface area contributed by atoms with E-state index >= 15 is 0 Å². The van der Waals surface area contributed by atoms with Crippen LogP contribution >= 0.6 is 11.3 Å². The number of rotatable bonds is 2. The van der Waals surface area contributed by atoms with Gasteiger partial charge >= 0.3 is 0 Å². The van der Waals surface area contributed by atoms with Crippen LogP contribution < -0.4 is 5.32 Å². The van der Waals surface area contributed by atoms with E-state index in [1.54, 1.807) is 12.1 Å². The maximum Gasteiger partial charge on any atom is 0.268 e. The first-order valence-corrected chi connectivity index (χ1v) is 7.46. The molecule has 2 heterocycles. The summed E-state index contributed by atoms with van der Waals surface area (Å²) in [6, 6.07) is 13.7. The summed E-state index contributed by atoms with van der Waals surface area (Å²) in [6.07, 6.45) is 0. The number of aromatic nitrogens is 2. The molecule has 0 spiro atoms. The summed E-state index contributed by atoms with van der Waals surface area (Å²) in [5.74, 6) is -0.176. The molecule has 0 aliphatic rings. The molecule has 4 rings (SSSR count). The number of nitrogens with zero attached hydrogens (tertiary/aromatic N) is 1. The molecule has 0 saturated heterocycles. The first kappa shape index (κ1) is 13.0. The summed E-state index contributed by atoms with van der Waals surface area (Å²) < 4.78 is 14.1. The van der Waals surface area contributed by atoms with Crippen molar-refractivity contribution in [2.45, 2.75) is 0 Å². The van der Waals surface area contributed by atoms with Gasteiger partial charge in [-0.05, 0) is 41.8 Å². The lowest BCUT2D eigenvalue weighted by atomic mass is 10.2. The molecule has 0 fully saturated rings. The highest BCUT2D eigenvalue weighted by atomic mass is 32.1. The van der Waals surface area contributed by atoms with Crippen LogP contribution in [-0.4, -0.2) is 15.9 Å². The van der Waals surface area contributed by atoms with E-state index < -0.39 is 0 Å². The molecule has 22 heavy (non-hydrogen) atoms. The number of carbonyl (C=O) groups excluding carboxylic acids is 1. The van der Waals surface area contributed by atoms with Crippen LogP contribution in [0, 0.1) is 5.82 Å². The van der Waals surface area contributed by atoms with Gasteiger partial charge in [0.1, 0.15) is 5.82 Å². The van der Waals surface area contributed by atoms with E-state index in [1.807, 2.05) is 24.3 Å². The zero-order valence-corrected chi connectivity index (χ0v) is 12.1. The molecule has 4 nitrogen and oxygen atoms in total. The minimum atomic E-state index is -0.311. The zero-order chi connectivity index (χ0) is 15.1. The fraction of sp³-hybridized carbons (Fsp3) is 0. The van der Waals surface area contributed by atoms with Gasteiger partial charge in [0.05, 0.1) is 15.9 Å². The first-order valence-electron chi connectivity index (χ1n) is 6.64. The van der Waals surface area contributed by atoms with E-state index in [4.69, 9.17) is 0 Å². The van der Waals surface area contributed by atoms with Crippen LogP contribution in [0.2, 0.25) is 0 Å². The lowest BCUT2D eigenvalue weighted by molar-refractivity contribution is 0.103. The Labute approximate surface area is 128 Å². The molecule has 108 valence electrons. The van der Waals surface area contributed by atoms with Crippen LogP contribution in [0.25, 0.3) is 21.1 Å². The smallest absolute Gasteiger partial charge is 0.268 e. The van der Waals surface area contributed by atoms with Gasteiger partial charge in [0.25, 0.3) is 5.91 Å². The van der Waals surface area contributed by atoms with Gasteiger partial charge in [-0.3, -0.25) is 10.1 Å². The third-order valence-corrected chi connectivity index (χ3v) is 4.44. The molecule has 0 saturated carbocycles. The molecule has 0 unspecified atom stereocenters. The summed E-state index contributed by atoms with van der Waals surface area (Å²) in [4.78, 5) is 20.1. The normalized spacial score (nSPS) is 11.1.